The Morgan fingerprint density at radius 1 is 1.28 bits per heavy atom. The average molecular weight is 438 g/mol. The van der Waals surface area contributed by atoms with Gasteiger partial charge in [0, 0.05) is 23.4 Å². The van der Waals surface area contributed by atoms with Crippen LogP contribution in [0.25, 0.3) is 10.9 Å². The zero-order valence-electron chi connectivity index (χ0n) is 19.0. The first-order valence-electron chi connectivity index (χ1n) is 10.9. The van der Waals surface area contributed by atoms with E-state index in [4.69, 9.17) is 0 Å². The standard InChI is InChI=1S/C24H31N5O3/c1-14-6-5-7-15-11-18(28-20(14)15)22(31)29-19(12-24(2,3)4)23(32)27-17(13-25)10-16-8-9-26-21(16)30/h5-7,11,16-17,19,28H,8-10,12H2,1-4H3,(H,26,30)(H,27,32)(H,29,31)/t16-,17-,19-/m0/s1. The Hall–Kier alpha value is -3.34. The Morgan fingerprint density at radius 3 is 2.62 bits per heavy atom. The van der Waals surface area contributed by atoms with Gasteiger partial charge in [-0.2, -0.15) is 5.26 Å². The number of carbonyl (C=O) groups is 3. The number of hydrogen-bond donors (Lipinski definition) is 4. The molecule has 0 spiro atoms. The number of fused-ring (bicyclic) bond motifs is 1. The van der Waals surface area contributed by atoms with Crippen molar-refractivity contribution < 1.29 is 14.4 Å². The Balaban J connectivity index is 1.73. The van der Waals surface area contributed by atoms with Crippen molar-refractivity contribution in [3.63, 3.8) is 0 Å². The maximum atomic E-state index is 13.1. The van der Waals surface area contributed by atoms with Crippen LogP contribution in [0.2, 0.25) is 0 Å². The molecule has 1 fully saturated rings. The number of nitrogens with zero attached hydrogens (tertiary/aromatic N) is 1. The molecule has 1 aliphatic heterocycles. The van der Waals surface area contributed by atoms with E-state index >= 15 is 0 Å². The van der Waals surface area contributed by atoms with Crippen LogP contribution in [0, 0.1) is 29.6 Å². The molecule has 0 bridgehead atoms. The molecule has 3 amide bonds. The number of para-hydroxylation sites is 1. The molecular formula is C24H31N5O3. The smallest absolute Gasteiger partial charge is 0.268 e. The van der Waals surface area contributed by atoms with Gasteiger partial charge in [0.25, 0.3) is 5.91 Å². The second kappa shape index (κ2) is 9.43. The van der Waals surface area contributed by atoms with Crippen molar-refractivity contribution >= 4 is 28.6 Å². The summed E-state index contributed by atoms with van der Waals surface area (Å²) in [5, 5.41) is 18.7. The van der Waals surface area contributed by atoms with Crippen molar-refractivity contribution in [3.8, 4) is 6.07 Å². The number of nitrogens with one attached hydrogen (secondary N) is 4. The summed E-state index contributed by atoms with van der Waals surface area (Å²) >= 11 is 0. The Kier molecular flexibility index (Phi) is 6.87. The molecule has 1 aromatic heterocycles. The molecule has 170 valence electrons. The van der Waals surface area contributed by atoms with Crippen molar-refractivity contribution in [1.82, 2.24) is 20.9 Å². The van der Waals surface area contributed by atoms with Gasteiger partial charge in [0.1, 0.15) is 17.8 Å². The van der Waals surface area contributed by atoms with Gasteiger partial charge >= 0.3 is 0 Å². The molecule has 32 heavy (non-hydrogen) atoms. The molecule has 8 heteroatoms. The van der Waals surface area contributed by atoms with Crippen LogP contribution in [-0.4, -0.2) is 41.3 Å². The number of benzene rings is 1. The number of nitriles is 1. The number of aromatic nitrogens is 1. The quantitative estimate of drug-likeness (QED) is 0.531. The third-order valence-corrected chi connectivity index (χ3v) is 5.70. The van der Waals surface area contributed by atoms with Crippen LogP contribution in [-0.2, 0) is 9.59 Å². The molecule has 3 rings (SSSR count). The van der Waals surface area contributed by atoms with Crippen LogP contribution in [0.5, 0.6) is 0 Å². The zero-order chi connectivity index (χ0) is 23.5. The number of rotatable bonds is 7. The fourth-order valence-corrected chi connectivity index (χ4v) is 4.06. The maximum Gasteiger partial charge on any atom is 0.268 e. The normalized spacial score (nSPS) is 18.0. The van der Waals surface area contributed by atoms with E-state index in [-0.39, 0.29) is 29.6 Å². The summed E-state index contributed by atoms with van der Waals surface area (Å²) in [7, 11) is 0. The Morgan fingerprint density at radius 2 is 2.03 bits per heavy atom. The highest BCUT2D eigenvalue weighted by Gasteiger charge is 2.31. The molecule has 1 saturated heterocycles. The van der Waals surface area contributed by atoms with Gasteiger partial charge in [-0.15, -0.1) is 0 Å². The summed E-state index contributed by atoms with van der Waals surface area (Å²) in [6.07, 6.45) is 1.30. The molecule has 3 atom stereocenters. The van der Waals surface area contributed by atoms with Crippen LogP contribution >= 0.6 is 0 Å². The molecule has 1 aliphatic rings. The highest BCUT2D eigenvalue weighted by atomic mass is 16.2. The summed E-state index contributed by atoms with van der Waals surface area (Å²) in [6, 6.07) is 8.03. The van der Waals surface area contributed by atoms with E-state index < -0.39 is 18.0 Å². The first-order valence-corrected chi connectivity index (χ1v) is 10.9. The van der Waals surface area contributed by atoms with Crippen LogP contribution in [0.15, 0.2) is 24.3 Å². The lowest BCUT2D eigenvalue weighted by Gasteiger charge is -2.27. The second-order valence-electron chi connectivity index (χ2n) is 9.72. The molecule has 0 saturated carbocycles. The molecule has 8 nitrogen and oxygen atoms in total. The summed E-state index contributed by atoms with van der Waals surface area (Å²) in [5.74, 6) is -1.18. The van der Waals surface area contributed by atoms with Crippen LogP contribution in [0.1, 0.15) is 56.1 Å². The third kappa shape index (κ3) is 5.67. The topological polar surface area (TPSA) is 127 Å². The van der Waals surface area contributed by atoms with E-state index in [0.29, 0.717) is 25.1 Å². The number of H-pyrrole nitrogens is 1. The monoisotopic (exact) mass is 437 g/mol. The first-order chi connectivity index (χ1) is 15.1. The van der Waals surface area contributed by atoms with Crippen molar-refractivity contribution in [1.29, 1.82) is 5.26 Å². The molecule has 0 unspecified atom stereocenters. The summed E-state index contributed by atoms with van der Waals surface area (Å²) < 4.78 is 0. The van der Waals surface area contributed by atoms with E-state index in [2.05, 4.69) is 27.0 Å². The first kappa shape index (κ1) is 23.3. The van der Waals surface area contributed by atoms with Gasteiger partial charge in [0.05, 0.1) is 6.07 Å². The predicted octanol–water partition coefficient (Wildman–Crippen LogP) is 2.55. The highest BCUT2D eigenvalue weighted by molar-refractivity contribution is 6.00. The molecule has 0 radical (unpaired) electrons. The molecule has 2 heterocycles. The minimum Gasteiger partial charge on any atom is -0.356 e. The molecule has 2 aromatic rings. The number of aromatic amines is 1. The van der Waals surface area contributed by atoms with Gasteiger partial charge in [0.15, 0.2) is 0 Å². The van der Waals surface area contributed by atoms with E-state index in [1.807, 2.05) is 45.9 Å². The van der Waals surface area contributed by atoms with Gasteiger partial charge < -0.3 is 20.9 Å². The second-order valence-corrected chi connectivity index (χ2v) is 9.72. The highest BCUT2D eigenvalue weighted by Crippen LogP contribution is 2.23. The Bertz CT molecular complexity index is 1060. The maximum absolute atomic E-state index is 13.1. The van der Waals surface area contributed by atoms with Crippen LogP contribution < -0.4 is 16.0 Å². The number of amides is 3. The summed E-state index contributed by atoms with van der Waals surface area (Å²) in [5.41, 5.74) is 2.05. The number of carbonyl (C=O) groups excluding carboxylic acids is 3. The van der Waals surface area contributed by atoms with Gasteiger partial charge in [-0.05, 0) is 43.2 Å². The van der Waals surface area contributed by atoms with Gasteiger partial charge in [-0.1, -0.05) is 39.0 Å². The van der Waals surface area contributed by atoms with Crippen molar-refractivity contribution in [2.24, 2.45) is 11.3 Å². The van der Waals surface area contributed by atoms with E-state index in [0.717, 1.165) is 16.5 Å². The fourth-order valence-electron chi connectivity index (χ4n) is 4.06. The van der Waals surface area contributed by atoms with E-state index in [9.17, 15) is 19.6 Å². The van der Waals surface area contributed by atoms with Crippen molar-refractivity contribution in [3.05, 3.63) is 35.5 Å². The lowest BCUT2D eigenvalue weighted by atomic mass is 9.87. The summed E-state index contributed by atoms with van der Waals surface area (Å²) in [6.45, 7) is 8.49. The van der Waals surface area contributed by atoms with Crippen molar-refractivity contribution in [2.75, 3.05) is 6.54 Å². The predicted molar refractivity (Wildman–Crippen MR) is 122 cm³/mol. The molecule has 1 aromatic carbocycles. The van der Waals surface area contributed by atoms with Crippen LogP contribution in [0.4, 0.5) is 0 Å². The largest absolute Gasteiger partial charge is 0.356 e. The molecule has 4 N–H and O–H groups in total. The summed E-state index contributed by atoms with van der Waals surface area (Å²) in [4.78, 5) is 41.0. The zero-order valence-corrected chi connectivity index (χ0v) is 19.0. The third-order valence-electron chi connectivity index (χ3n) is 5.70. The number of aryl methyl sites for hydroxylation is 1. The van der Waals surface area contributed by atoms with E-state index in [1.165, 1.54) is 0 Å². The number of hydrogen-bond acceptors (Lipinski definition) is 4. The Labute approximate surface area is 188 Å². The van der Waals surface area contributed by atoms with E-state index in [1.54, 1.807) is 6.07 Å². The molecular weight excluding hydrogens is 406 g/mol. The minimum absolute atomic E-state index is 0.0897. The average Bonchev–Trinajstić information content (AvgIpc) is 3.33. The van der Waals surface area contributed by atoms with Gasteiger partial charge in [-0.3, -0.25) is 14.4 Å². The van der Waals surface area contributed by atoms with Crippen molar-refractivity contribution in [2.45, 2.75) is 59.0 Å². The SMILES string of the molecule is Cc1cccc2cc(C(=O)N[C@@H](CC(C)(C)C)C(=O)N[C@H](C#N)C[C@@H]3CCNC3=O)[nH]c12. The molecule has 0 aliphatic carbocycles. The lowest BCUT2D eigenvalue weighted by Crippen LogP contribution is -2.51. The van der Waals surface area contributed by atoms with Gasteiger partial charge in [0.2, 0.25) is 11.8 Å². The minimum atomic E-state index is -0.816. The fraction of sp³-hybridized carbons (Fsp3) is 0.500. The van der Waals surface area contributed by atoms with Gasteiger partial charge in [-0.25, -0.2) is 0 Å². The lowest BCUT2D eigenvalue weighted by molar-refractivity contribution is -0.125. The van der Waals surface area contributed by atoms with Crippen LogP contribution in [0.3, 0.4) is 0 Å².